The van der Waals surface area contributed by atoms with Gasteiger partial charge in [0.05, 0.1) is 17.7 Å². The average Bonchev–Trinajstić information content (AvgIpc) is 2.91. The topological polar surface area (TPSA) is 102 Å². The third-order valence-electron chi connectivity index (χ3n) is 4.23. The van der Waals surface area contributed by atoms with Crippen LogP contribution in [0.15, 0.2) is 48.5 Å². The summed E-state index contributed by atoms with van der Waals surface area (Å²) in [5.41, 5.74) is 0.570. The number of ether oxygens (including phenoxy) is 1. The van der Waals surface area contributed by atoms with Gasteiger partial charge in [0.2, 0.25) is 0 Å². The highest BCUT2D eigenvalue weighted by atomic mass is 32.3. The van der Waals surface area contributed by atoms with Gasteiger partial charge in [0, 0.05) is 6.54 Å². The molecule has 1 atom stereocenters. The van der Waals surface area contributed by atoms with Crippen LogP contribution in [-0.4, -0.2) is 37.3 Å². The van der Waals surface area contributed by atoms with Crippen LogP contribution in [0.2, 0.25) is 0 Å². The van der Waals surface area contributed by atoms with Crippen LogP contribution in [0.4, 0.5) is 13.2 Å². The molecule has 158 valence electrons. The lowest BCUT2D eigenvalue weighted by molar-refractivity contribution is -0.137. The van der Waals surface area contributed by atoms with Gasteiger partial charge in [0.1, 0.15) is 12.8 Å². The van der Waals surface area contributed by atoms with E-state index in [1.165, 1.54) is 28.6 Å². The molecule has 0 amide bonds. The number of hydrogen-bond acceptors (Lipinski definition) is 7. The van der Waals surface area contributed by atoms with Gasteiger partial charge in [-0.05, 0) is 35.4 Å². The molecule has 1 aliphatic rings. The highest BCUT2D eigenvalue weighted by molar-refractivity contribution is 8.20. The predicted molar refractivity (Wildman–Crippen MR) is 99.4 cm³/mol. The number of nitrogens with one attached hydrogen (secondary N) is 1. The summed E-state index contributed by atoms with van der Waals surface area (Å²) in [6, 6.07) is 10.5. The van der Waals surface area contributed by atoms with E-state index >= 15 is 0 Å². The molecular weight excluding hydrogens is 413 g/mol. The molecule has 0 aromatic heterocycles. The number of carbonyl (C=O) groups is 1. The maximum absolute atomic E-state index is 12.5. The maximum atomic E-state index is 12.5. The Bertz CT molecular complexity index is 859. The van der Waals surface area contributed by atoms with Crippen molar-refractivity contribution in [1.82, 2.24) is 9.03 Å². The van der Waals surface area contributed by atoms with Gasteiger partial charge >= 0.3 is 12.1 Å². The fourth-order valence-electron chi connectivity index (χ4n) is 2.72. The van der Waals surface area contributed by atoms with Crippen LogP contribution in [-0.2, 0) is 24.1 Å². The van der Waals surface area contributed by atoms with E-state index in [4.69, 9.17) is 4.74 Å². The van der Waals surface area contributed by atoms with E-state index in [2.05, 4.69) is 4.72 Å². The summed E-state index contributed by atoms with van der Waals surface area (Å²) in [5, 5.41) is 9.47. The second-order valence-corrected chi connectivity index (χ2v) is 8.23. The van der Waals surface area contributed by atoms with Gasteiger partial charge in [-0.2, -0.15) is 22.2 Å². The first-order chi connectivity index (χ1) is 13.5. The Hall–Kier alpha value is -2.15. The Labute approximate surface area is 166 Å². The largest absolute Gasteiger partial charge is 0.457 e. The summed E-state index contributed by atoms with van der Waals surface area (Å²) in [7, 11) is -3.24. The summed E-state index contributed by atoms with van der Waals surface area (Å²) in [6.45, 7) is 0.0174. The van der Waals surface area contributed by atoms with E-state index in [0.717, 1.165) is 12.1 Å². The van der Waals surface area contributed by atoms with E-state index in [1.54, 1.807) is 12.1 Å². The zero-order chi connectivity index (χ0) is 21.2. The summed E-state index contributed by atoms with van der Waals surface area (Å²) in [6.07, 6.45) is -5.47. The van der Waals surface area contributed by atoms with Gasteiger partial charge in [-0.15, -0.1) is 0 Å². The number of alkyl halides is 3. The van der Waals surface area contributed by atoms with Crippen molar-refractivity contribution < 1.29 is 36.9 Å². The zero-order valence-electron chi connectivity index (χ0n) is 15.0. The number of carbonyl (C=O) groups excluding carboxylic acids is 1. The number of rotatable bonds is 5. The SMILES string of the molecule is O=C(OCc1ccc(C(F)(F)F)cc1)c1ccc(CN2CC(O)NS2(O)O)cc1. The number of hydrogen-bond donors (Lipinski definition) is 4. The minimum atomic E-state index is -4.42. The van der Waals surface area contributed by atoms with Crippen LogP contribution in [0, 0.1) is 0 Å². The normalized spacial score (nSPS) is 20.4. The summed E-state index contributed by atoms with van der Waals surface area (Å²) >= 11 is 0. The number of nitrogens with zero attached hydrogens (tertiary/aromatic N) is 1. The first-order valence-electron chi connectivity index (χ1n) is 8.45. The maximum Gasteiger partial charge on any atom is 0.416 e. The molecular formula is C18H19F3N2O5S. The van der Waals surface area contributed by atoms with E-state index in [0.29, 0.717) is 11.1 Å². The molecule has 3 rings (SSSR count). The summed E-state index contributed by atoms with van der Waals surface area (Å²) in [5.74, 6) is -0.640. The predicted octanol–water partition coefficient (Wildman–Crippen LogP) is 3.37. The number of β-amino-alcohol motifs (C(OH)–C–C–N with tert-alkyl or cyclic N) is 1. The van der Waals surface area contributed by atoms with E-state index in [1.807, 2.05) is 0 Å². The molecule has 1 aliphatic heterocycles. The van der Waals surface area contributed by atoms with Crippen molar-refractivity contribution in [2.45, 2.75) is 25.6 Å². The Morgan fingerprint density at radius 1 is 1.10 bits per heavy atom. The lowest BCUT2D eigenvalue weighted by Gasteiger charge is -2.35. The molecule has 11 heteroatoms. The van der Waals surface area contributed by atoms with E-state index in [-0.39, 0.29) is 25.3 Å². The van der Waals surface area contributed by atoms with Crippen LogP contribution in [0.1, 0.15) is 27.0 Å². The summed E-state index contributed by atoms with van der Waals surface area (Å²) in [4.78, 5) is 12.1. The lowest BCUT2D eigenvalue weighted by Crippen LogP contribution is -2.25. The molecule has 0 saturated carbocycles. The van der Waals surface area contributed by atoms with Crippen LogP contribution >= 0.6 is 11.0 Å². The number of benzene rings is 2. The van der Waals surface area contributed by atoms with Gasteiger partial charge in [-0.1, -0.05) is 35.2 Å². The third-order valence-corrected chi connectivity index (χ3v) is 5.82. The van der Waals surface area contributed by atoms with Crippen molar-refractivity contribution in [3.63, 3.8) is 0 Å². The fraction of sp³-hybridized carbons (Fsp3) is 0.278. The fourth-order valence-corrected chi connectivity index (χ4v) is 3.98. The van der Waals surface area contributed by atoms with Crippen molar-refractivity contribution in [3.8, 4) is 0 Å². The number of esters is 1. The van der Waals surface area contributed by atoms with Crippen molar-refractivity contribution in [1.29, 1.82) is 0 Å². The Kier molecular flexibility index (Phi) is 6.17. The first kappa shape index (κ1) is 21.6. The van der Waals surface area contributed by atoms with Gasteiger partial charge in [-0.3, -0.25) is 9.11 Å². The molecule has 7 nitrogen and oxygen atoms in total. The Balaban J connectivity index is 1.55. The van der Waals surface area contributed by atoms with Crippen LogP contribution < -0.4 is 4.72 Å². The molecule has 1 saturated heterocycles. The second-order valence-electron chi connectivity index (χ2n) is 6.44. The standard InChI is InChI=1S/C18H19F3N2O5S/c19-18(20,21)15-7-3-13(4-8-15)11-28-17(25)14-5-1-12(2-6-14)9-23-10-16(24)22-29(23,26)27/h1-8,16,22,24,26-27H,9-11H2. The molecule has 2 aromatic carbocycles. The monoisotopic (exact) mass is 432 g/mol. The van der Waals surface area contributed by atoms with Crippen LogP contribution in [0.25, 0.3) is 0 Å². The highest BCUT2D eigenvalue weighted by Crippen LogP contribution is 2.44. The molecule has 0 bridgehead atoms. The highest BCUT2D eigenvalue weighted by Gasteiger charge is 2.34. The van der Waals surface area contributed by atoms with Crippen molar-refractivity contribution in [3.05, 3.63) is 70.8 Å². The Morgan fingerprint density at radius 2 is 1.69 bits per heavy atom. The van der Waals surface area contributed by atoms with Gasteiger partial charge in [0.15, 0.2) is 0 Å². The molecule has 0 radical (unpaired) electrons. The van der Waals surface area contributed by atoms with Gasteiger partial charge < -0.3 is 9.84 Å². The zero-order valence-corrected chi connectivity index (χ0v) is 15.8. The quantitative estimate of drug-likeness (QED) is 0.538. The molecule has 1 fully saturated rings. The van der Waals surface area contributed by atoms with Gasteiger partial charge in [-0.25, -0.2) is 4.79 Å². The molecule has 0 spiro atoms. The average molecular weight is 432 g/mol. The number of aliphatic hydroxyl groups excluding tert-OH is 1. The lowest BCUT2D eigenvalue weighted by atomic mass is 10.1. The molecule has 29 heavy (non-hydrogen) atoms. The first-order valence-corrected chi connectivity index (χ1v) is 9.96. The molecule has 2 aromatic rings. The summed E-state index contributed by atoms with van der Waals surface area (Å²) < 4.78 is 66.0. The van der Waals surface area contributed by atoms with Crippen molar-refractivity contribution in [2.75, 3.05) is 6.54 Å². The van der Waals surface area contributed by atoms with Crippen LogP contribution in [0.5, 0.6) is 0 Å². The minimum absolute atomic E-state index is 0.0409. The van der Waals surface area contributed by atoms with E-state index in [9.17, 15) is 32.2 Å². The molecule has 0 aliphatic carbocycles. The van der Waals surface area contributed by atoms with Crippen molar-refractivity contribution >= 4 is 16.9 Å². The number of halogens is 3. The second kappa shape index (κ2) is 8.30. The van der Waals surface area contributed by atoms with Crippen LogP contribution in [0.3, 0.4) is 0 Å². The molecule has 4 N–H and O–H groups in total. The molecule has 1 heterocycles. The number of aliphatic hydroxyl groups is 1. The third kappa shape index (κ3) is 5.47. The molecule has 1 unspecified atom stereocenters. The minimum Gasteiger partial charge on any atom is -0.457 e. The van der Waals surface area contributed by atoms with Crippen molar-refractivity contribution in [2.24, 2.45) is 0 Å². The van der Waals surface area contributed by atoms with E-state index < -0.39 is 34.9 Å². The Morgan fingerprint density at radius 3 is 2.21 bits per heavy atom. The smallest absolute Gasteiger partial charge is 0.416 e. The van der Waals surface area contributed by atoms with Gasteiger partial charge in [0.25, 0.3) is 0 Å².